The number of carbonyl (C=O) groups is 2. The Morgan fingerprint density at radius 3 is 2.31 bits per heavy atom. The number of likely N-dealkylation sites (N-methyl/N-ethyl adjacent to an activating group) is 1. The topological polar surface area (TPSA) is 71.6 Å². The Bertz CT molecular complexity index is 1250. The minimum absolute atomic E-state index is 0.00170. The highest BCUT2D eigenvalue weighted by atomic mass is 16.5. The van der Waals surface area contributed by atoms with Gasteiger partial charge in [0, 0.05) is 37.0 Å². The van der Waals surface area contributed by atoms with E-state index in [1.165, 1.54) is 0 Å². The second-order valence-electron chi connectivity index (χ2n) is 10.6. The predicted molar refractivity (Wildman–Crippen MR) is 151 cm³/mol. The summed E-state index contributed by atoms with van der Waals surface area (Å²) in [6, 6.07) is 11.1. The number of carbonyl (C=O) groups excluding carboxylic acids is 2. The molecular weight excluding hydrogens is 494 g/mol. The monoisotopic (exact) mass is 535 g/mol. The van der Waals surface area contributed by atoms with Crippen molar-refractivity contribution in [1.29, 1.82) is 0 Å². The zero-order valence-corrected chi connectivity index (χ0v) is 24.2. The summed E-state index contributed by atoms with van der Waals surface area (Å²) in [5, 5.41) is 0. The van der Waals surface area contributed by atoms with Crippen LogP contribution in [0.25, 0.3) is 0 Å². The van der Waals surface area contributed by atoms with Crippen LogP contribution in [0.3, 0.4) is 0 Å². The lowest BCUT2D eigenvalue weighted by Gasteiger charge is -2.44. The van der Waals surface area contributed by atoms with Crippen LogP contribution in [0.2, 0.25) is 0 Å². The van der Waals surface area contributed by atoms with E-state index in [2.05, 4.69) is 19.9 Å². The van der Waals surface area contributed by atoms with E-state index in [1.807, 2.05) is 58.9 Å². The average molecular weight is 536 g/mol. The fourth-order valence-electron chi connectivity index (χ4n) is 5.90. The number of ether oxygens (including phenoxy) is 3. The van der Waals surface area contributed by atoms with Crippen LogP contribution in [0.1, 0.15) is 55.1 Å². The lowest BCUT2D eigenvalue weighted by Crippen LogP contribution is -2.54. The number of piperidine rings is 1. The molecular formula is C31H41N3O5. The molecule has 0 N–H and O–H groups in total. The fraction of sp³-hybridized carbons (Fsp3) is 0.484. The molecule has 0 aliphatic carbocycles. The molecule has 210 valence electrons. The lowest BCUT2D eigenvalue weighted by atomic mass is 9.82. The van der Waals surface area contributed by atoms with E-state index in [1.54, 1.807) is 27.4 Å². The SMILES string of the molecule is CCN1C(=O)N(Cc2cc(OC)cc(OC)c2C)/C(=C\C(C)C)C12CCN(C(=O)c1cccc(OC)c1)CC2. The third-order valence-electron chi connectivity index (χ3n) is 7.97. The number of benzene rings is 2. The molecule has 0 aromatic heterocycles. The van der Waals surface area contributed by atoms with Gasteiger partial charge in [0.2, 0.25) is 0 Å². The first-order valence-electron chi connectivity index (χ1n) is 13.6. The molecule has 8 heteroatoms. The molecule has 0 bridgehead atoms. The number of rotatable bonds is 8. The highest BCUT2D eigenvalue weighted by molar-refractivity contribution is 5.94. The van der Waals surface area contributed by atoms with Gasteiger partial charge in [0.25, 0.3) is 5.91 Å². The first kappa shape index (κ1) is 28.3. The summed E-state index contributed by atoms with van der Waals surface area (Å²) in [7, 11) is 4.88. The molecule has 3 amide bonds. The van der Waals surface area contributed by atoms with Crippen molar-refractivity contribution in [2.45, 2.75) is 52.6 Å². The van der Waals surface area contributed by atoms with E-state index in [4.69, 9.17) is 14.2 Å². The Kier molecular flexibility index (Phi) is 8.42. The van der Waals surface area contributed by atoms with Crippen molar-refractivity contribution in [3.63, 3.8) is 0 Å². The summed E-state index contributed by atoms with van der Waals surface area (Å²) in [5.74, 6) is 2.33. The molecule has 2 heterocycles. The Morgan fingerprint density at radius 1 is 1.03 bits per heavy atom. The summed E-state index contributed by atoms with van der Waals surface area (Å²) >= 11 is 0. The molecule has 4 rings (SSSR count). The normalized spacial score (nSPS) is 17.9. The van der Waals surface area contributed by atoms with Crippen molar-refractivity contribution in [1.82, 2.24) is 14.7 Å². The zero-order chi connectivity index (χ0) is 28.3. The molecule has 2 aliphatic heterocycles. The van der Waals surface area contributed by atoms with Crippen LogP contribution in [-0.2, 0) is 6.54 Å². The van der Waals surface area contributed by atoms with Crippen molar-refractivity contribution in [2.24, 2.45) is 5.92 Å². The van der Waals surface area contributed by atoms with Crippen LogP contribution in [0.4, 0.5) is 4.79 Å². The first-order valence-corrected chi connectivity index (χ1v) is 13.6. The minimum atomic E-state index is -0.460. The molecule has 2 aromatic rings. The molecule has 2 saturated heterocycles. The molecule has 0 saturated carbocycles. The molecule has 1 spiro atoms. The third kappa shape index (κ3) is 5.29. The van der Waals surface area contributed by atoms with Gasteiger partial charge in [0.05, 0.1) is 33.4 Å². The van der Waals surface area contributed by atoms with Crippen LogP contribution in [-0.4, -0.2) is 73.1 Å². The van der Waals surface area contributed by atoms with Crippen LogP contribution in [0.5, 0.6) is 17.2 Å². The number of amides is 3. The number of allylic oxidation sites excluding steroid dienone is 1. The van der Waals surface area contributed by atoms with Gasteiger partial charge in [-0.05, 0) is 68.0 Å². The number of likely N-dealkylation sites (tertiary alicyclic amines) is 1. The maximum Gasteiger partial charge on any atom is 0.325 e. The van der Waals surface area contributed by atoms with Crippen molar-refractivity contribution >= 4 is 11.9 Å². The first-order chi connectivity index (χ1) is 18.7. The highest BCUT2D eigenvalue weighted by Crippen LogP contribution is 2.45. The number of hydrogen-bond donors (Lipinski definition) is 0. The standard InChI is InChI=1S/C31H41N3O5/c1-8-34-30(36)33(20-24-18-26(38-6)19-27(39-7)22(24)4)28(16-21(2)3)31(34)12-14-32(15-13-31)29(35)23-10-9-11-25(17-23)37-5/h9-11,16-19,21H,8,12-15,20H2,1-7H3/b28-16-. The summed E-state index contributed by atoms with van der Waals surface area (Å²) in [5.41, 5.74) is 3.14. The van der Waals surface area contributed by atoms with Gasteiger partial charge in [-0.25, -0.2) is 4.79 Å². The highest BCUT2D eigenvalue weighted by Gasteiger charge is 2.54. The Morgan fingerprint density at radius 2 is 1.72 bits per heavy atom. The second kappa shape index (κ2) is 11.6. The van der Waals surface area contributed by atoms with Gasteiger partial charge in [-0.1, -0.05) is 26.0 Å². The fourth-order valence-corrected chi connectivity index (χ4v) is 5.90. The molecule has 0 unspecified atom stereocenters. The Labute approximate surface area is 232 Å². The van der Waals surface area contributed by atoms with E-state index in [0.717, 1.165) is 22.6 Å². The number of methoxy groups -OCH3 is 3. The van der Waals surface area contributed by atoms with Gasteiger partial charge >= 0.3 is 6.03 Å². The molecule has 2 fully saturated rings. The third-order valence-corrected chi connectivity index (χ3v) is 7.97. The van der Waals surface area contributed by atoms with Crippen molar-refractivity contribution in [2.75, 3.05) is 41.0 Å². The van der Waals surface area contributed by atoms with E-state index in [-0.39, 0.29) is 17.9 Å². The van der Waals surface area contributed by atoms with Gasteiger partial charge in [-0.15, -0.1) is 0 Å². The number of urea groups is 1. The maximum atomic E-state index is 14.0. The van der Waals surface area contributed by atoms with Crippen LogP contribution in [0.15, 0.2) is 48.2 Å². The molecule has 0 atom stereocenters. The van der Waals surface area contributed by atoms with Crippen molar-refractivity contribution < 1.29 is 23.8 Å². The van der Waals surface area contributed by atoms with Crippen molar-refractivity contribution in [3.05, 3.63) is 64.9 Å². The summed E-state index contributed by atoms with van der Waals surface area (Å²) in [6.45, 7) is 10.5. The summed E-state index contributed by atoms with van der Waals surface area (Å²) in [4.78, 5) is 33.2. The summed E-state index contributed by atoms with van der Waals surface area (Å²) < 4.78 is 16.4. The molecule has 0 radical (unpaired) electrons. The zero-order valence-electron chi connectivity index (χ0n) is 24.2. The summed E-state index contributed by atoms with van der Waals surface area (Å²) in [6.07, 6.45) is 3.58. The maximum absolute atomic E-state index is 14.0. The van der Waals surface area contributed by atoms with E-state index in [0.29, 0.717) is 56.1 Å². The van der Waals surface area contributed by atoms with Crippen LogP contribution >= 0.6 is 0 Å². The van der Waals surface area contributed by atoms with E-state index in [9.17, 15) is 9.59 Å². The molecule has 2 aromatic carbocycles. The smallest absolute Gasteiger partial charge is 0.325 e. The molecule has 39 heavy (non-hydrogen) atoms. The van der Waals surface area contributed by atoms with Gasteiger partial charge in [-0.3, -0.25) is 9.69 Å². The van der Waals surface area contributed by atoms with Crippen LogP contribution < -0.4 is 14.2 Å². The van der Waals surface area contributed by atoms with Crippen molar-refractivity contribution in [3.8, 4) is 17.2 Å². The van der Waals surface area contributed by atoms with Gasteiger partial charge in [-0.2, -0.15) is 0 Å². The largest absolute Gasteiger partial charge is 0.497 e. The minimum Gasteiger partial charge on any atom is -0.497 e. The number of nitrogens with zero attached hydrogens (tertiary/aromatic N) is 3. The Balaban J connectivity index is 1.66. The van der Waals surface area contributed by atoms with E-state index < -0.39 is 5.54 Å². The van der Waals surface area contributed by atoms with Gasteiger partial charge < -0.3 is 24.0 Å². The molecule has 2 aliphatic rings. The average Bonchev–Trinajstić information content (AvgIpc) is 3.14. The van der Waals surface area contributed by atoms with E-state index >= 15 is 0 Å². The Hall–Kier alpha value is -3.68. The predicted octanol–water partition coefficient (Wildman–Crippen LogP) is 5.49. The van der Waals surface area contributed by atoms with Crippen LogP contribution in [0, 0.1) is 12.8 Å². The van der Waals surface area contributed by atoms with Gasteiger partial charge in [0.15, 0.2) is 0 Å². The molecule has 8 nitrogen and oxygen atoms in total. The second-order valence-corrected chi connectivity index (χ2v) is 10.6. The van der Waals surface area contributed by atoms with Gasteiger partial charge in [0.1, 0.15) is 17.2 Å². The quantitative estimate of drug-likeness (QED) is 0.447. The number of hydrogen-bond acceptors (Lipinski definition) is 5. The lowest BCUT2D eigenvalue weighted by molar-refractivity contribution is 0.0575.